The Kier molecular flexibility index (Phi) is 25.8. The van der Waals surface area contributed by atoms with Gasteiger partial charge in [0.05, 0.1) is 13.2 Å². The molecule has 5 heteroatoms. The Balaban J connectivity index is 0. The van der Waals surface area contributed by atoms with Gasteiger partial charge in [0, 0.05) is 6.61 Å². The summed E-state index contributed by atoms with van der Waals surface area (Å²) in [6, 6.07) is 0. The lowest BCUT2D eigenvalue weighted by Crippen LogP contribution is -2.26. The molecule has 0 amide bonds. The highest BCUT2D eigenvalue weighted by atomic mass is 16.5. The number of hydrogen-bond acceptors (Lipinski definition) is 5. The van der Waals surface area contributed by atoms with Gasteiger partial charge in [0.25, 0.3) is 0 Å². The van der Waals surface area contributed by atoms with Crippen molar-refractivity contribution in [2.45, 2.75) is 110 Å². The van der Waals surface area contributed by atoms with Gasteiger partial charge in [-0.2, -0.15) is 0 Å². The maximum atomic E-state index is 11.1. The van der Waals surface area contributed by atoms with Crippen molar-refractivity contribution in [3.8, 4) is 0 Å². The number of aliphatic hydroxyl groups excluding tert-OH is 3. The molecular weight excluding hydrogens is 332 g/mol. The Hall–Kier alpha value is -0.650. The quantitative estimate of drug-likeness (QED) is 0.259. The number of aliphatic hydroxyl groups is 3. The lowest BCUT2D eigenvalue weighted by Gasteiger charge is -2.07. The Labute approximate surface area is 161 Å². The number of ether oxygens (including phenoxy) is 1. The zero-order valence-electron chi connectivity index (χ0n) is 17.3. The minimum atomic E-state index is -1.39. The van der Waals surface area contributed by atoms with E-state index < -0.39 is 18.7 Å². The van der Waals surface area contributed by atoms with Gasteiger partial charge in [-0.1, -0.05) is 90.4 Å². The van der Waals surface area contributed by atoms with Crippen LogP contribution < -0.4 is 0 Å². The average Bonchev–Trinajstić information content (AvgIpc) is 2.64. The van der Waals surface area contributed by atoms with Crippen molar-refractivity contribution in [2.75, 3.05) is 19.8 Å². The second-order valence-electron chi connectivity index (χ2n) is 6.78. The van der Waals surface area contributed by atoms with E-state index in [0.717, 1.165) is 12.8 Å². The summed E-state index contributed by atoms with van der Waals surface area (Å²) in [6.07, 6.45) is 16.7. The van der Waals surface area contributed by atoms with Gasteiger partial charge in [-0.05, 0) is 13.3 Å². The highest BCUT2D eigenvalue weighted by molar-refractivity contribution is 5.74. The first kappa shape index (κ1) is 27.6. The van der Waals surface area contributed by atoms with Crippen molar-refractivity contribution in [3.05, 3.63) is 0 Å². The SMILES string of the molecule is CCCCCCCCCCCCCCCCOC(=O)C(O)CO.CCO. The Morgan fingerprint density at radius 2 is 1.08 bits per heavy atom. The lowest BCUT2D eigenvalue weighted by molar-refractivity contribution is -0.155. The van der Waals surface area contributed by atoms with E-state index in [1.807, 2.05) is 0 Å². The molecule has 26 heavy (non-hydrogen) atoms. The second-order valence-corrected chi connectivity index (χ2v) is 6.78. The van der Waals surface area contributed by atoms with Crippen LogP contribution in [0.5, 0.6) is 0 Å². The summed E-state index contributed by atoms with van der Waals surface area (Å²) in [5.74, 6) is -0.720. The molecule has 158 valence electrons. The molecule has 5 nitrogen and oxygen atoms in total. The largest absolute Gasteiger partial charge is 0.464 e. The van der Waals surface area contributed by atoms with Crippen LogP contribution in [0.1, 0.15) is 104 Å². The van der Waals surface area contributed by atoms with Crippen LogP contribution in [-0.4, -0.2) is 47.2 Å². The van der Waals surface area contributed by atoms with Crippen molar-refractivity contribution in [2.24, 2.45) is 0 Å². The standard InChI is InChI=1S/C19H38O4.C2H6O/c1-2-3-4-5-6-7-8-9-10-11-12-13-14-15-16-23-19(22)18(21)17-20;1-2-3/h18,20-21H,2-17H2,1H3;3H,2H2,1H3. The van der Waals surface area contributed by atoms with E-state index >= 15 is 0 Å². The summed E-state index contributed by atoms with van der Waals surface area (Å²) in [5, 5.41) is 25.2. The number of hydrogen-bond donors (Lipinski definition) is 3. The predicted octanol–water partition coefficient (Wildman–Crippen LogP) is 4.36. The molecule has 3 N–H and O–H groups in total. The minimum Gasteiger partial charge on any atom is -0.464 e. The molecule has 1 unspecified atom stereocenters. The molecule has 0 bridgehead atoms. The Morgan fingerprint density at radius 3 is 1.42 bits per heavy atom. The maximum Gasteiger partial charge on any atom is 0.337 e. The van der Waals surface area contributed by atoms with Gasteiger partial charge in [0.1, 0.15) is 0 Å². The monoisotopic (exact) mass is 376 g/mol. The molecule has 0 saturated heterocycles. The van der Waals surface area contributed by atoms with Gasteiger partial charge < -0.3 is 20.1 Å². The number of rotatable bonds is 17. The second kappa shape index (κ2) is 24.4. The van der Waals surface area contributed by atoms with Crippen LogP contribution in [0.25, 0.3) is 0 Å². The summed E-state index contributed by atoms with van der Waals surface area (Å²) in [6.45, 7) is 3.96. The van der Waals surface area contributed by atoms with Crippen molar-refractivity contribution in [1.82, 2.24) is 0 Å². The van der Waals surface area contributed by atoms with Gasteiger partial charge in [-0.15, -0.1) is 0 Å². The van der Waals surface area contributed by atoms with Gasteiger partial charge in [-0.25, -0.2) is 4.79 Å². The molecule has 0 aliphatic heterocycles. The molecule has 0 aliphatic rings. The van der Waals surface area contributed by atoms with Crippen LogP contribution in [0, 0.1) is 0 Å². The Bertz CT molecular complexity index is 271. The van der Waals surface area contributed by atoms with Gasteiger partial charge in [0.2, 0.25) is 0 Å². The summed E-state index contributed by atoms with van der Waals surface area (Å²) in [7, 11) is 0. The third-order valence-corrected chi connectivity index (χ3v) is 4.19. The van der Waals surface area contributed by atoms with Crippen LogP contribution in [-0.2, 0) is 9.53 Å². The molecular formula is C21H44O5. The topological polar surface area (TPSA) is 87.0 Å². The van der Waals surface area contributed by atoms with Crippen LogP contribution in [0.3, 0.4) is 0 Å². The number of carbonyl (C=O) groups excluding carboxylic acids is 1. The minimum absolute atomic E-state index is 0.250. The van der Waals surface area contributed by atoms with E-state index in [1.54, 1.807) is 6.92 Å². The third-order valence-electron chi connectivity index (χ3n) is 4.19. The number of carbonyl (C=O) groups is 1. The molecule has 0 heterocycles. The molecule has 0 spiro atoms. The van der Waals surface area contributed by atoms with Crippen LogP contribution in [0.2, 0.25) is 0 Å². The van der Waals surface area contributed by atoms with E-state index in [4.69, 9.17) is 20.1 Å². The highest BCUT2D eigenvalue weighted by Crippen LogP contribution is 2.12. The first-order valence-corrected chi connectivity index (χ1v) is 10.7. The first-order valence-electron chi connectivity index (χ1n) is 10.7. The zero-order valence-corrected chi connectivity index (χ0v) is 17.3. The normalized spacial score (nSPS) is 11.6. The molecule has 0 saturated carbocycles. The molecule has 0 fully saturated rings. The molecule has 0 aromatic rings. The van der Waals surface area contributed by atoms with Crippen molar-refractivity contribution in [3.63, 3.8) is 0 Å². The summed E-state index contributed by atoms with van der Waals surface area (Å²) < 4.78 is 4.85. The average molecular weight is 377 g/mol. The molecule has 1 atom stereocenters. The summed E-state index contributed by atoms with van der Waals surface area (Å²) in [4.78, 5) is 11.1. The number of esters is 1. The van der Waals surface area contributed by atoms with Crippen molar-refractivity contribution < 1.29 is 24.9 Å². The fraction of sp³-hybridized carbons (Fsp3) is 0.952. The zero-order chi connectivity index (χ0) is 19.9. The predicted molar refractivity (Wildman–Crippen MR) is 107 cm³/mol. The maximum absolute atomic E-state index is 11.1. The van der Waals surface area contributed by atoms with Gasteiger partial charge in [0.15, 0.2) is 6.10 Å². The molecule has 0 rings (SSSR count). The molecule has 0 aliphatic carbocycles. The summed E-state index contributed by atoms with van der Waals surface area (Å²) in [5.41, 5.74) is 0. The van der Waals surface area contributed by atoms with E-state index in [-0.39, 0.29) is 6.61 Å². The van der Waals surface area contributed by atoms with Crippen LogP contribution in [0.15, 0.2) is 0 Å². The van der Waals surface area contributed by atoms with Crippen LogP contribution in [0.4, 0.5) is 0 Å². The molecule has 0 aromatic heterocycles. The number of unbranched alkanes of at least 4 members (excludes halogenated alkanes) is 13. The van der Waals surface area contributed by atoms with Gasteiger partial charge >= 0.3 is 5.97 Å². The van der Waals surface area contributed by atoms with E-state index in [2.05, 4.69) is 6.92 Å². The first-order chi connectivity index (χ1) is 12.6. The van der Waals surface area contributed by atoms with Crippen LogP contribution >= 0.6 is 0 Å². The molecule has 0 aromatic carbocycles. The highest BCUT2D eigenvalue weighted by Gasteiger charge is 2.14. The van der Waals surface area contributed by atoms with Gasteiger partial charge in [-0.3, -0.25) is 0 Å². The lowest BCUT2D eigenvalue weighted by atomic mass is 10.0. The van der Waals surface area contributed by atoms with Crippen molar-refractivity contribution >= 4 is 5.97 Å². The third kappa shape index (κ3) is 23.4. The van der Waals surface area contributed by atoms with Crippen molar-refractivity contribution in [1.29, 1.82) is 0 Å². The smallest absolute Gasteiger partial charge is 0.337 e. The fourth-order valence-corrected chi connectivity index (χ4v) is 2.64. The van der Waals surface area contributed by atoms with E-state index in [9.17, 15) is 4.79 Å². The molecule has 0 radical (unpaired) electrons. The summed E-state index contributed by atoms with van der Waals surface area (Å²) >= 11 is 0. The van der Waals surface area contributed by atoms with E-state index in [1.165, 1.54) is 77.0 Å². The van der Waals surface area contributed by atoms with E-state index in [0.29, 0.717) is 6.61 Å². The fourth-order valence-electron chi connectivity index (χ4n) is 2.64. The Morgan fingerprint density at radius 1 is 0.731 bits per heavy atom.